The number of halogens is 2. The molecule has 2 N–H and O–H groups in total. The molecule has 3 aliphatic rings. The van der Waals surface area contributed by atoms with Gasteiger partial charge in [0.2, 0.25) is 5.82 Å². The second kappa shape index (κ2) is 15.0. The molecule has 4 aromatic rings. The molecule has 2 amide bonds. The molecule has 0 radical (unpaired) electrons. The SMILES string of the molecule is CCN1CCc2c(nc(C(=O)Nc3cccc(-c4cccc(N(Cl)C(=O)c5nc6c(n5C)CCN(CC5CCC(C(=O)O)CC5)C6)c4)c3Cl)n2C)C1. The molecular weight excluding hydrogens is 703 g/mol. The molecule has 1 fully saturated rings. The summed E-state index contributed by atoms with van der Waals surface area (Å²) in [6.45, 7) is 7.10. The van der Waals surface area contributed by atoms with Crippen molar-refractivity contribution in [2.75, 3.05) is 35.9 Å². The molecule has 2 aromatic heterocycles. The van der Waals surface area contributed by atoms with Gasteiger partial charge < -0.3 is 19.6 Å². The van der Waals surface area contributed by atoms with E-state index in [-0.39, 0.29) is 17.6 Å². The van der Waals surface area contributed by atoms with Crippen molar-refractivity contribution in [2.45, 2.75) is 58.5 Å². The minimum Gasteiger partial charge on any atom is -0.481 e. The van der Waals surface area contributed by atoms with Crippen LogP contribution in [0.25, 0.3) is 11.1 Å². The lowest BCUT2D eigenvalue weighted by Crippen LogP contribution is -2.36. The normalized spacial score (nSPS) is 19.2. The number of carbonyl (C=O) groups excluding carboxylic acids is 2. The molecule has 52 heavy (non-hydrogen) atoms. The van der Waals surface area contributed by atoms with Gasteiger partial charge in [0.05, 0.1) is 33.7 Å². The van der Waals surface area contributed by atoms with Gasteiger partial charge in [-0.25, -0.2) is 14.4 Å². The number of rotatable bonds is 9. The highest BCUT2D eigenvalue weighted by molar-refractivity contribution is 6.39. The van der Waals surface area contributed by atoms with Gasteiger partial charge in [-0.15, -0.1) is 0 Å². The third kappa shape index (κ3) is 7.09. The maximum absolute atomic E-state index is 13.8. The number of carboxylic acid groups (broad SMARTS) is 1. The molecule has 12 nitrogen and oxygen atoms in total. The summed E-state index contributed by atoms with van der Waals surface area (Å²) in [7, 11) is 3.72. The number of imidazole rings is 2. The predicted molar refractivity (Wildman–Crippen MR) is 201 cm³/mol. The van der Waals surface area contributed by atoms with Crippen LogP contribution in [-0.4, -0.2) is 78.0 Å². The van der Waals surface area contributed by atoms with Crippen LogP contribution in [-0.2, 0) is 44.8 Å². The molecule has 2 aromatic carbocycles. The number of nitrogens with one attached hydrogen (secondary N) is 1. The number of aromatic nitrogens is 4. The van der Waals surface area contributed by atoms with Crippen LogP contribution in [0.1, 0.15) is 76.6 Å². The fraction of sp³-hybridized carbons (Fsp3) is 0.447. The van der Waals surface area contributed by atoms with Gasteiger partial charge in [-0.1, -0.05) is 42.8 Å². The number of nitrogens with zero attached hydrogens (tertiary/aromatic N) is 7. The first-order chi connectivity index (χ1) is 25.0. The number of benzene rings is 2. The summed E-state index contributed by atoms with van der Waals surface area (Å²) >= 11 is 13.6. The van der Waals surface area contributed by atoms with Crippen LogP contribution < -0.4 is 9.74 Å². The summed E-state index contributed by atoms with van der Waals surface area (Å²) in [6.07, 6.45) is 4.90. The second-order valence-corrected chi connectivity index (χ2v) is 14.9. The fourth-order valence-corrected chi connectivity index (χ4v) is 8.44. The molecule has 0 atom stereocenters. The molecule has 1 aliphatic carbocycles. The lowest BCUT2D eigenvalue weighted by atomic mass is 9.81. The number of hydrogen-bond acceptors (Lipinski definition) is 7. The first-order valence-electron chi connectivity index (χ1n) is 18.0. The van der Waals surface area contributed by atoms with E-state index in [0.717, 1.165) is 104 Å². The Morgan fingerprint density at radius 3 is 2.23 bits per heavy atom. The number of hydrogen-bond donors (Lipinski definition) is 2. The van der Waals surface area contributed by atoms with E-state index in [1.54, 1.807) is 24.3 Å². The molecule has 274 valence electrons. The van der Waals surface area contributed by atoms with Gasteiger partial charge in [-0.2, -0.15) is 0 Å². The molecule has 1 saturated carbocycles. The Kier molecular flexibility index (Phi) is 10.4. The summed E-state index contributed by atoms with van der Waals surface area (Å²) in [6, 6.07) is 12.6. The van der Waals surface area contributed by atoms with E-state index in [4.69, 9.17) is 28.4 Å². The molecule has 4 heterocycles. The van der Waals surface area contributed by atoms with Crippen molar-refractivity contribution in [2.24, 2.45) is 25.9 Å². The third-order valence-corrected chi connectivity index (χ3v) is 11.8. The molecule has 0 saturated heterocycles. The van der Waals surface area contributed by atoms with Crippen molar-refractivity contribution in [3.05, 3.63) is 81.9 Å². The zero-order valence-electron chi connectivity index (χ0n) is 29.7. The monoisotopic (exact) mass is 746 g/mol. The number of carboxylic acids is 1. The van der Waals surface area contributed by atoms with Crippen LogP contribution in [0.2, 0.25) is 5.02 Å². The van der Waals surface area contributed by atoms with Crippen molar-refractivity contribution >= 4 is 52.5 Å². The van der Waals surface area contributed by atoms with Crippen LogP contribution in [0.15, 0.2) is 42.5 Å². The number of amides is 2. The van der Waals surface area contributed by atoms with Gasteiger partial charge >= 0.3 is 11.9 Å². The highest BCUT2D eigenvalue weighted by Gasteiger charge is 2.32. The van der Waals surface area contributed by atoms with Crippen LogP contribution in [0.3, 0.4) is 0 Å². The zero-order chi connectivity index (χ0) is 36.7. The van der Waals surface area contributed by atoms with Gasteiger partial charge in [0.1, 0.15) is 0 Å². The topological polar surface area (TPSA) is 129 Å². The van der Waals surface area contributed by atoms with Crippen molar-refractivity contribution in [1.82, 2.24) is 28.9 Å². The van der Waals surface area contributed by atoms with E-state index in [0.29, 0.717) is 40.2 Å². The summed E-state index contributed by atoms with van der Waals surface area (Å²) in [5.74, 6) is -0.625. The van der Waals surface area contributed by atoms with Crippen LogP contribution in [0.5, 0.6) is 0 Å². The Morgan fingerprint density at radius 2 is 1.54 bits per heavy atom. The quantitative estimate of drug-likeness (QED) is 0.195. The third-order valence-electron chi connectivity index (χ3n) is 11.0. The van der Waals surface area contributed by atoms with E-state index < -0.39 is 11.9 Å². The first-order valence-corrected chi connectivity index (χ1v) is 18.7. The van der Waals surface area contributed by atoms with Gasteiger partial charge in [-0.05, 0) is 61.9 Å². The summed E-state index contributed by atoms with van der Waals surface area (Å²) < 4.78 is 4.79. The molecule has 0 bridgehead atoms. The minimum atomic E-state index is -0.686. The molecule has 0 unspecified atom stereocenters. The number of likely N-dealkylation sites (N-methyl/N-ethyl adjacent to an activating group) is 1. The molecule has 0 spiro atoms. The Morgan fingerprint density at radius 1 is 0.904 bits per heavy atom. The Labute approximate surface area is 313 Å². The van der Waals surface area contributed by atoms with Crippen molar-refractivity contribution in [1.29, 1.82) is 0 Å². The largest absolute Gasteiger partial charge is 0.481 e. The van der Waals surface area contributed by atoms with E-state index in [9.17, 15) is 19.5 Å². The average Bonchev–Trinajstić information content (AvgIpc) is 3.67. The highest BCUT2D eigenvalue weighted by atomic mass is 35.5. The number of anilines is 2. The number of fused-ring (bicyclic) bond motifs is 2. The lowest BCUT2D eigenvalue weighted by Gasteiger charge is -2.33. The lowest BCUT2D eigenvalue weighted by molar-refractivity contribution is -0.143. The van der Waals surface area contributed by atoms with Gasteiger partial charge in [0.25, 0.3) is 5.91 Å². The molecule has 7 rings (SSSR count). The van der Waals surface area contributed by atoms with Gasteiger partial charge in [-0.3, -0.25) is 24.2 Å². The summed E-state index contributed by atoms with van der Waals surface area (Å²) in [5.41, 5.74) is 6.18. The van der Waals surface area contributed by atoms with E-state index in [2.05, 4.69) is 27.0 Å². The predicted octanol–water partition coefficient (Wildman–Crippen LogP) is 6.15. The number of carbonyl (C=O) groups is 3. The van der Waals surface area contributed by atoms with Crippen LogP contribution in [0.4, 0.5) is 11.4 Å². The van der Waals surface area contributed by atoms with E-state index in [1.165, 1.54) is 0 Å². The molecular formula is C38H44Cl2N8O4. The second-order valence-electron chi connectivity index (χ2n) is 14.2. The fourth-order valence-electron chi connectivity index (χ4n) is 7.97. The smallest absolute Gasteiger partial charge is 0.308 e. The average molecular weight is 748 g/mol. The maximum Gasteiger partial charge on any atom is 0.308 e. The molecule has 2 aliphatic heterocycles. The van der Waals surface area contributed by atoms with Gasteiger partial charge in [0.15, 0.2) is 5.82 Å². The van der Waals surface area contributed by atoms with E-state index in [1.807, 2.05) is 41.4 Å². The Bertz CT molecular complexity index is 2020. The Hall–Kier alpha value is -4.23. The van der Waals surface area contributed by atoms with Crippen molar-refractivity contribution in [3.63, 3.8) is 0 Å². The molecule has 14 heteroatoms. The standard InChI is InChI=1S/C38H44Cl2N8O4/c1-4-46-17-15-31-29(21-46)41-34(44(31)2)36(49)43-28-10-6-9-27(33(28)39)25-7-5-8-26(19-25)48(40)37(50)35-42-30-22-47(18-16-32(30)45(35)3)20-23-11-13-24(14-12-23)38(51)52/h5-10,19,23-24H,4,11-18,20-22H2,1-3H3,(H,43,49)(H,51,52). The number of aliphatic carboxylic acids is 1. The first kappa shape index (κ1) is 36.1. The van der Waals surface area contributed by atoms with Crippen molar-refractivity contribution < 1.29 is 19.5 Å². The maximum atomic E-state index is 13.8. The minimum absolute atomic E-state index is 0.224. The van der Waals surface area contributed by atoms with Crippen molar-refractivity contribution in [3.8, 4) is 11.1 Å². The summed E-state index contributed by atoms with van der Waals surface area (Å²) in [5, 5.41) is 12.7. The van der Waals surface area contributed by atoms with Crippen LogP contribution >= 0.6 is 23.4 Å². The Balaban J connectivity index is 1.04. The van der Waals surface area contributed by atoms with E-state index >= 15 is 0 Å². The zero-order valence-corrected chi connectivity index (χ0v) is 31.3. The summed E-state index contributed by atoms with van der Waals surface area (Å²) in [4.78, 5) is 52.7. The van der Waals surface area contributed by atoms with Gasteiger partial charge in [0, 0.05) is 88.4 Å². The highest BCUT2D eigenvalue weighted by Crippen LogP contribution is 2.37. The van der Waals surface area contributed by atoms with Crippen LogP contribution in [0, 0.1) is 11.8 Å².